The summed E-state index contributed by atoms with van der Waals surface area (Å²) in [7, 11) is 0. The highest BCUT2D eigenvalue weighted by atomic mass is 32.2. The van der Waals surface area contributed by atoms with Gasteiger partial charge in [0.2, 0.25) is 5.91 Å². The van der Waals surface area contributed by atoms with E-state index in [2.05, 4.69) is 0 Å². The molecule has 0 unspecified atom stereocenters. The molecule has 1 rings (SSSR count). The Bertz CT molecular complexity index is 270. The summed E-state index contributed by atoms with van der Waals surface area (Å²) in [5.41, 5.74) is 0. The molecule has 0 aliphatic carbocycles. The fourth-order valence-electron chi connectivity index (χ4n) is 2.17. The molecule has 1 fully saturated rings. The van der Waals surface area contributed by atoms with Gasteiger partial charge in [-0.15, -0.1) is 0 Å². The number of aliphatic carboxylic acids is 1. The first-order chi connectivity index (χ1) is 7.57. The number of amides is 1. The highest BCUT2D eigenvalue weighted by Crippen LogP contribution is 2.24. The zero-order valence-electron chi connectivity index (χ0n) is 9.81. The van der Waals surface area contributed by atoms with Crippen LogP contribution in [0.15, 0.2) is 0 Å². The first-order valence-electron chi connectivity index (χ1n) is 5.60. The Balaban J connectivity index is 2.69. The minimum Gasteiger partial charge on any atom is -0.480 e. The summed E-state index contributed by atoms with van der Waals surface area (Å²) >= 11 is 1.61. The second kappa shape index (κ2) is 6.13. The minimum absolute atomic E-state index is 0.0195. The van der Waals surface area contributed by atoms with Gasteiger partial charge in [0.05, 0.1) is 0 Å². The lowest BCUT2D eigenvalue weighted by Crippen LogP contribution is -2.52. The molecule has 0 aromatic carbocycles. The van der Waals surface area contributed by atoms with Crippen LogP contribution in [0.2, 0.25) is 0 Å². The van der Waals surface area contributed by atoms with Crippen molar-refractivity contribution < 1.29 is 14.7 Å². The number of carboxylic acid groups (broad SMARTS) is 1. The molecule has 0 saturated carbocycles. The summed E-state index contributed by atoms with van der Waals surface area (Å²) in [6.45, 7) is 1.94. The maximum atomic E-state index is 11.9. The van der Waals surface area contributed by atoms with Crippen LogP contribution >= 0.6 is 11.8 Å². The second-order valence-electron chi connectivity index (χ2n) is 4.18. The van der Waals surface area contributed by atoms with Crippen LogP contribution in [0.25, 0.3) is 0 Å². The van der Waals surface area contributed by atoms with E-state index < -0.39 is 12.0 Å². The van der Waals surface area contributed by atoms with Gasteiger partial charge in [0.15, 0.2) is 0 Å². The normalized spacial score (nSPS) is 25.5. The fraction of sp³-hybridized carbons (Fsp3) is 0.818. The number of hydrogen-bond acceptors (Lipinski definition) is 3. The van der Waals surface area contributed by atoms with Crippen LogP contribution in [-0.2, 0) is 9.59 Å². The number of thioether (sulfide) groups is 1. The summed E-state index contributed by atoms with van der Waals surface area (Å²) in [5, 5.41) is 9.10. The topological polar surface area (TPSA) is 57.6 Å². The van der Waals surface area contributed by atoms with Crippen molar-refractivity contribution in [2.45, 2.75) is 44.7 Å². The quantitative estimate of drug-likeness (QED) is 0.817. The first-order valence-corrected chi connectivity index (χ1v) is 7.00. The van der Waals surface area contributed by atoms with E-state index in [0.717, 1.165) is 18.6 Å². The third kappa shape index (κ3) is 3.14. The van der Waals surface area contributed by atoms with Crippen LogP contribution in [0.5, 0.6) is 0 Å². The van der Waals surface area contributed by atoms with Crippen LogP contribution in [0.1, 0.15) is 32.6 Å². The zero-order valence-corrected chi connectivity index (χ0v) is 10.6. The number of nitrogens with zero attached hydrogens (tertiary/aromatic N) is 1. The van der Waals surface area contributed by atoms with Crippen molar-refractivity contribution in [3.63, 3.8) is 0 Å². The van der Waals surface area contributed by atoms with Gasteiger partial charge in [-0.1, -0.05) is 0 Å². The van der Waals surface area contributed by atoms with Gasteiger partial charge in [-0.3, -0.25) is 4.79 Å². The maximum absolute atomic E-state index is 11.9. The van der Waals surface area contributed by atoms with Gasteiger partial charge in [-0.05, 0) is 32.4 Å². The molecule has 0 spiro atoms. The van der Waals surface area contributed by atoms with Gasteiger partial charge >= 0.3 is 5.97 Å². The van der Waals surface area contributed by atoms with Crippen molar-refractivity contribution in [1.29, 1.82) is 0 Å². The van der Waals surface area contributed by atoms with E-state index in [9.17, 15) is 9.59 Å². The molecule has 1 heterocycles. The van der Waals surface area contributed by atoms with Crippen molar-refractivity contribution >= 4 is 23.6 Å². The van der Waals surface area contributed by atoms with E-state index in [4.69, 9.17) is 5.11 Å². The smallest absolute Gasteiger partial charge is 0.326 e. The summed E-state index contributed by atoms with van der Waals surface area (Å²) in [4.78, 5) is 24.6. The van der Waals surface area contributed by atoms with Crippen LogP contribution in [0.3, 0.4) is 0 Å². The molecule has 1 N–H and O–H groups in total. The highest BCUT2D eigenvalue weighted by Gasteiger charge is 2.35. The number of carbonyl (C=O) groups excluding carboxylic acids is 1. The Morgan fingerprint density at radius 1 is 1.44 bits per heavy atom. The lowest BCUT2D eigenvalue weighted by molar-refractivity contribution is -0.154. The molecule has 5 heteroatoms. The first kappa shape index (κ1) is 13.4. The van der Waals surface area contributed by atoms with E-state index in [1.165, 1.54) is 0 Å². The maximum Gasteiger partial charge on any atom is 0.326 e. The van der Waals surface area contributed by atoms with E-state index in [1.54, 1.807) is 16.7 Å². The van der Waals surface area contributed by atoms with Crippen molar-refractivity contribution in [3.05, 3.63) is 0 Å². The monoisotopic (exact) mass is 245 g/mol. The molecule has 1 saturated heterocycles. The third-order valence-corrected chi connectivity index (χ3v) is 3.62. The molecule has 1 aliphatic rings. The van der Waals surface area contributed by atoms with Crippen LogP contribution < -0.4 is 0 Å². The predicted molar refractivity (Wildman–Crippen MR) is 64.6 cm³/mol. The molecule has 0 radical (unpaired) electrons. The Hall–Kier alpha value is -0.710. The molecule has 92 valence electrons. The van der Waals surface area contributed by atoms with E-state index in [-0.39, 0.29) is 11.9 Å². The summed E-state index contributed by atoms with van der Waals surface area (Å²) in [5.74, 6) is -0.132. The molecule has 0 aromatic heterocycles. The number of carbonyl (C=O) groups is 2. The fourth-order valence-corrected chi connectivity index (χ4v) is 2.55. The molecule has 0 bridgehead atoms. The number of likely N-dealkylation sites (tertiary alicyclic amines) is 1. The van der Waals surface area contributed by atoms with Gasteiger partial charge in [-0.2, -0.15) is 11.8 Å². The van der Waals surface area contributed by atoms with E-state index in [1.807, 2.05) is 13.2 Å². The highest BCUT2D eigenvalue weighted by molar-refractivity contribution is 7.98. The predicted octanol–water partition coefficient (Wildman–Crippen LogP) is 1.59. The second-order valence-corrected chi connectivity index (χ2v) is 5.16. The SMILES string of the molecule is CSCCC(=O)N1[C@@H](C(=O)O)CCC[C@@H]1C. The molecule has 1 aliphatic heterocycles. The van der Waals surface area contributed by atoms with Gasteiger partial charge in [0, 0.05) is 18.2 Å². The largest absolute Gasteiger partial charge is 0.480 e. The van der Waals surface area contributed by atoms with Gasteiger partial charge in [0.1, 0.15) is 6.04 Å². The van der Waals surface area contributed by atoms with E-state index in [0.29, 0.717) is 12.8 Å². The lowest BCUT2D eigenvalue weighted by atomic mass is 9.96. The lowest BCUT2D eigenvalue weighted by Gasteiger charge is -2.38. The molecular weight excluding hydrogens is 226 g/mol. The standard InChI is InChI=1S/C11H19NO3S/c1-8-4-3-5-9(11(14)15)12(8)10(13)6-7-16-2/h8-9H,3-7H2,1-2H3,(H,14,15)/t8-,9+/m0/s1. The Kier molecular flexibility index (Phi) is 5.12. The third-order valence-electron chi connectivity index (χ3n) is 3.00. The summed E-state index contributed by atoms with van der Waals surface area (Å²) in [6, 6.07) is -0.553. The average molecular weight is 245 g/mol. The summed E-state index contributed by atoms with van der Waals surface area (Å²) in [6.07, 6.45) is 4.78. The molecule has 2 atom stereocenters. The summed E-state index contributed by atoms with van der Waals surface area (Å²) < 4.78 is 0. The number of carboxylic acids is 1. The number of piperidine rings is 1. The van der Waals surface area contributed by atoms with Crippen molar-refractivity contribution in [2.75, 3.05) is 12.0 Å². The minimum atomic E-state index is -0.871. The molecule has 1 amide bonds. The van der Waals surface area contributed by atoms with Crippen molar-refractivity contribution in [3.8, 4) is 0 Å². The number of rotatable bonds is 4. The van der Waals surface area contributed by atoms with Crippen molar-refractivity contribution in [1.82, 2.24) is 4.90 Å². The molecular formula is C11H19NO3S. The molecule has 4 nitrogen and oxygen atoms in total. The van der Waals surface area contributed by atoms with Gasteiger partial charge in [0.25, 0.3) is 0 Å². The number of hydrogen-bond donors (Lipinski definition) is 1. The Labute approximate surface area is 100 Å². The van der Waals surface area contributed by atoms with Gasteiger partial charge < -0.3 is 10.0 Å². The Morgan fingerprint density at radius 3 is 2.69 bits per heavy atom. The van der Waals surface area contributed by atoms with Crippen LogP contribution in [0, 0.1) is 0 Å². The molecule has 0 aromatic rings. The average Bonchev–Trinajstić information content (AvgIpc) is 2.25. The van der Waals surface area contributed by atoms with Crippen LogP contribution in [0.4, 0.5) is 0 Å². The van der Waals surface area contributed by atoms with Gasteiger partial charge in [-0.25, -0.2) is 4.79 Å². The van der Waals surface area contributed by atoms with Crippen LogP contribution in [-0.4, -0.2) is 46.0 Å². The Morgan fingerprint density at radius 2 is 2.12 bits per heavy atom. The zero-order chi connectivity index (χ0) is 12.1. The molecule has 16 heavy (non-hydrogen) atoms. The van der Waals surface area contributed by atoms with E-state index >= 15 is 0 Å². The van der Waals surface area contributed by atoms with Crippen molar-refractivity contribution in [2.24, 2.45) is 0 Å².